The van der Waals surface area contributed by atoms with Gasteiger partial charge >= 0.3 is 0 Å². The van der Waals surface area contributed by atoms with Crippen LogP contribution in [0.3, 0.4) is 0 Å². The van der Waals surface area contributed by atoms with Crippen LogP contribution in [0.1, 0.15) is 10.6 Å². The Bertz CT molecular complexity index is 775. The minimum atomic E-state index is -0.0249. The first-order chi connectivity index (χ1) is 10.7. The molecule has 3 nitrogen and oxygen atoms in total. The van der Waals surface area contributed by atoms with Crippen molar-refractivity contribution in [3.63, 3.8) is 0 Å². The number of amides is 1. The minimum absolute atomic E-state index is 0.0249. The fourth-order valence-corrected chi connectivity index (χ4v) is 3.15. The molecule has 22 heavy (non-hydrogen) atoms. The van der Waals surface area contributed by atoms with Gasteiger partial charge in [-0.2, -0.15) is 0 Å². The lowest BCUT2D eigenvalue weighted by atomic mass is 10.2. The van der Waals surface area contributed by atoms with Crippen molar-refractivity contribution in [2.45, 2.75) is 6.54 Å². The molecule has 0 bridgehead atoms. The van der Waals surface area contributed by atoms with Crippen molar-refractivity contribution < 1.29 is 4.79 Å². The van der Waals surface area contributed by atoms with Crippen LogP contribution in [0.25, 0.3) is 16.3 Å². The molecule has 0 saturated heterocycles. The lowest BCUT2D eigenvalue weighted by Crippen LogP contribution is -2.23. The lowest BCUT2D eigenvalue weighted by Gasteiger charge is -2.12. The van der Waals surface area contributed by atoms with E-state index in [0.717, 1.165) is 20.8 Å². The zero-order chi connectivity index (χ0) is 15.4. The first-order valence-corrected chi connectivity index (χ1v) is 7.87. The van der Waals surface area contributed by atoms with E-state index < -0.39 is 0 Å². The molecule has 0 unspecified atom stereocenters. The van der Waals surface area contributed by atoms with E-state index in [1.165, 1.54) is 0 Å². The summed E-state index contributed by atoms with van der Waals surface area (Å²) in [5, 5.41) is 0.949. The van der Waals surface area contributed by atoms with Crippen LogP contribution < -0.4 is 0 Å². The Hall–Kier alpha value is -2.46. The molecule has 1 amide bonds. The second-order valence-electron chi connectivity index (χ2n) is 5.01. The van der Waals surface area contributed by atoms with E-state index in [4.69, 9.17) is 0 Å². The van der Waals surface area contributed by atoms with Gasteiger partial charge < -0.3 is 4.90 Å². The standard InChI is InChI=1S/C18H16N2OS/c1-20(18(21)12-11-14-7-3-2-4-8-14)13-17-19-15-9-5-6-10-16(15)22-17/h2-12H,13H2,1H3/b12-11+. The van der Waals surface area contributed by atoms with Gasteiger partial charge in [-0.05, 0) is 23.8 Å². The summed E-state index contributed by atoms with van der Waals surface area (Å²) >= 11 is 1.63. The highest BCUT2D eigenvalue weighted by molar-refractivity contribution is 7.18. The Morgan fingerprint density at radius 1 is 1.14 bits per heavy atom. The molecule has 0 radical (unpaired) electrons. The molecule has 0 aliphatic rings. The largest absolute Gasteiger partial charge is 0.335 e. The van der Waals surface area contributed by atoms with E-state index in [1.54, 1.807) is 29.4 Å². The number of carbonyl (C=O) groups is 1. The molecule has 0 atom stereocenters. The van der Waals surface area contributed by atoms with Crippen molar-refractivity contribution in [3.8, 4) is 0 Å². The minimum Gasteiger partial charge on any atom is -0.335 e. The molecule has 0 aliphatic carbocycles. The molecule has 110 valence electrons. The second kappa shape index (κ2) is 6.54. The summed E-state index contributed by atoms with van der Waals surface area (Å²) in [6, 6.07) is 17.8. The summed E-state index contributed by atoms with van der Waals surface area (Å²) in [7, 11) is 1.80. The SMILES string of the molecule is CN(Cc1nc2ccccc2s1)C(=O)/C=C/c1ccccc1. The van der Waals surface area contributed by atoms with Crippen LogP contribution in [0, 0.1) is 0 Å². The topological polar surface area (TPSA) is 33.2 Å². The van der Waals surface area contributed by atoms with E-state index in [-0.39, 0.29) is 5.91 Å². The summed E-state index contributed by atoms with van der Waals surface area (Å²) in [5.41, 5.74) is 2.01. The molecule has 0 fully saturated rings. The fourth-order valence-electron chi connectivity index (χ4n) is 2.13. The average Bonchev–Trinajstić information content (AvgIpc) is 2.95. The number of para-hydroxylation sites is 1. The van der Waals surface area contributed by atoms with Crippen LogP contribution >= 0.6 is 11.3 Å². The van der Waals surface area contributed by atoms with E-state index in [0.29, 0.717) is 6.54 Å². The number of carbonyl (C=O) groups excluding carboxylic acids is 1. The van der Waals surface area contributed by atoms with Crippen LogP contribution in [0.5, 0.6) is 0 Å². The summed E-state index contributed by atoms with van der Waals surface area (Å²) in [4.78, 5) is 18.4. The van der Waals surface area contributed by atoms with Crippen molar-refractivity contribution in [1.29, 1.82) is 0 Å². The molecule has 3 rings (SSSR count). The number of benzene rings is 2. The second-order valence-corrected chi connectivity index (χ2v) is 6.13. The van der Waals surface area contributed by atoms with E-state index in [1.807, 2.05) is 60.7 Å². The summed E-state index contributed by atoms with van der Waals surface area (Å²) in [6.07, 6.45) is 3.43. The third-order valence-electron chi connectivity index (χ3n) is 3.30. The maximum atomic E-state index is 12.2. The number of hydrogen-bond donors (Lipinski definition) is 0. The highest BCUT2D eigenvalue weighted by Crippen LogP contribution is 2.22. The molecule has 0 aliphatic heterocycles. The van der Waals surface area contributed by atoms with Gasteiger partial charge in [-0.25, -0.2) is 4.98 Å². The predicted molar refractivity (Wildman–Crippen MR) is 91.6 cm³/mol. The fraction of sp³-hybridized carbons (Fsp3) is 0.111. The van der Waals surface area contributed by atoms with Gasteiger partial charge in [-0.1, -0.05) is 42.5 Å². The van der Waals surface area contributed by atoms with E-state index in [9.17, 15) is 4.79 Å². The molecular weight excluding hydrogens is 292 g/mol. The number of fused-ring (bicyclic) bond motifs is 1. The maximum absolute atomic E-state index is 12.2. The van der Waals surface area contributed by atoms with Crippen LogP contribution in [0.2, 0.25) is 0 Å². The van der Waals surface area contributed by atoms with Crippen molar-refractivity contribution in [2.24, 2.45) is 0 Å². The Balaban J connectivity index is 1.67. The third-order valence-corrected chi connectivity index (χ3v) is 4.33. The van der Waals surface area contributed by atoms with Gasteiger partial charge in [-0.15, -0.1) is 11.3 Å². The van der Waals surface area contributed by atoms with Gasteiger partial charge in [0.25, 0.3) is 0 Å². The molecule has 0 spiro atoms. The molecule has 4 heteroatoms. The summed E-state index contributed by atoms with van der Waals surface area (Å²) < 4.78 is 1.15. The normalized spacial score (nSPS) is 11.1. The molecule has 2 aromatic carbocycles. The Morgan fingerprint density at radius 3 is 2.64 bits per heavy atom. The Morgan fingerprint density at radius 2 is 1.86 bits per heavy atom. The van der Waals surface area contributed by atoms with Crippen LogP contribution in [-0.4, -0.2) is 22.8 Å². The average molecular weight is 308 g/mol. The van der Waals surface area contributed by atoms with E-state index in [2.05, 4.69) is 4.98 Å². The number of likely N-dealkylation sites (N-methyl/N-ethyl adjacent to an activating group) is 1. The summed E-state index contributed by atoms with van der Waals surface area (Å²) in [5.74, 6) is -0.0249. The highest BCUT2D eigenvalue weighted by atomic mass is 32.1. The quantitative estimate of drug-likeness (QED) is 0.683. The van der Waals surface area contributed by atoms with Crippen molar-refractivity contribution in [2.75, 3.05) is 7.05 Å². The third kappa shape index (κ3) is 3.40. The molecule has 1 heterocycles. The van der Waals surface area contributed by atoms with Gasteiger partial charge in [0.05, 0.1) is 16.8 Å². The van der Waals surface area contributed by atoms with Gasteiger partial charge in [0.1, 0.15) is 5.01 Å². The van der Waals surface area contributed by atoms with Crippen LogP contribution in [0.15, 0.2) is 60.7 Å². The molecular formula is C18H16N2OS. The van der Waals surface area contributed by atoms with Crippen molar-refractivity contribution in [1.82, 2.24) is 9.88 Å². The first-order valence-electron chi connectivity index (χ1n) is 7.05. The lowest BCUT2D eigenvalue weighted by molar-refractivity contribution is -0.125. The van der Waals surface area contributed by atoms with Crippen molar-refractivity contribution in [3.05, 3.63) is 71.2 Å². The number of hydrogen-bond acceptors (Lipinski definition) is 3. The zero-order valence-corrected chi connectivity index (χ0v) is 13.1. The van der Waals surface area contributed by atoms with Gasteiger partial charge in [0, 0.05) is 13.1 Å². The first kappa shape index (κ1) is 14.5. The summed E-state index contributed by atoms with van der Waals surface area (Å²) in [6.45, 7) is 0.525. The molecule has 1 aromatic heterocycles. The molecule has 0 saturated carbocycles. The zero-order valence-electron chi connectivity index (χ0n) is 12.3. The van der Waals surface area contributed by atoms with Crippen LogP contribution in [-0.2, 0) is 11.3 Å². The number of nitrogens with zero attached hydrogens (tertiary/aromatic N) is 2. The van der Waals surface area contributed by atoms with Gasteiger partial charge in [-0.3, -0.25) is 4.79 Å². The van der Waals surface area contributed by atoms with Gasteiger partial charge in [0.2, 0.25) is 5.91 Å². The maximum Gasteiger partial charge on any atom is 0.246 e. The number of thiazole rings is 1. The number of rotatable bonds is 4. The molecule has 3 aromatic rings. The Kier molecular flexibility index (Phi) is 4.30. The van der Waals surface area contributed by atoms with Gasteiger partial charge in [0.15, 0.2) is 0 Å². The predicted octanol–water partition coefficient (Wildman–Crippen LogP) is 3.97. The monoisotopic (exact) mass is 308 g/mol. The van der Waals surface area contributed by atoms with E-state index >= 15 is 0 Å². The smallest absolute Gasteiger partial charge is 0.246 e. The van der Waals surface area contributed by atoms with Crippen LogP contribution in [0.4, 0.5) is 0 Å². The Labute approximate surface area is 133 Å². The molecule has 0 N–H and O–H groups in total. The number of aromatic nitrogens is 1. The van der Waals surface area contributed by atoms with Crippen molar-refractivity contribution >= 4 is 33.5 Å². The highest BCUT2D eigenvalue weighted by Gasteiger charge is 2.09.